The lowest BCUT2D eigenvalue weighted by atomic mass is 10.1. The number of nitrogens with one attached hydrogen (secondary N) is 1. The van der Waals surface area contributed by atoms with Crippen molar-refractivity contribution >= 4 is 17.5 Å². The van der Waals surface area contributed by atoms with Gasteiger partial charge >= 0.3 is 0 Å². The third-order valence-electron chi connectivity index (χ3n) is 4.98. The topological polar surface area (TPSA) is 59.4 Å². The molecule has 2 aromatic carbocycles. The molecule has 0 spiro atoms. The fourth-order valence-electron chi connectivity index (χ4n) is 3.37. The molecule has 6 nitrogen and oxygen atoms in total. The number of hydrogen-bond donors (Lipinski definition) is 1. The molecular formula is C22H22ClFN4O2. The Labute approximate surface area is 179 Å². The summed E-state index contributed by atoms with van der Waals surface area (Å²) in [5, 5.41) is 8.03. The number of hydrogen-bond acceptors (Lipinski definition) is 4. The van der Waals surface area contributed by atoms with Gasteiger partial charge in [0.1, 0.15) is 11.5 Å². The van der Waals surface area contributed by atoms with Crippen LogP contribution in [0.1, 0.15) is 10.5 Å². The summed E-state index contributed by atoms with van der Waals surface area (Å²) in [5.41, 5.74) is 1.73. The molecule has 30 heavy (non-hydrogen) atoms. The standard InChI is InChI=1S/C22H22ClFN4O2/c23-16-5-7-17(8-6-16)28-21(15-20(26-28)18-3-1-2-4-19(18)24)22(29)25-9-10-27-11-13-30-14-12-27/h1-8,15H,9-14H2,(H,25,29). The lowest BCUT2D eigenvalue weighted by Gasteiger charge is -2.26. The quantitative estimate of drug-likeness (QED) is 0.653. The van der Waals surface area contributed by atoms with Crippen LogP contribution in [0.5, 0.6) is 0 Å². The van der Waals surface area contributed by atoms with Crippen LogP contribution < -0.4 is 5.32 Å². The molecule has 1 saturated heterocycles. The Balaban J connectivity index is 1.58. The number of nitrogens with zero attached hydrogens (tertiary/aromatic N) is 3. The molecule has 0 radical (unpaired) electrons. The largest absolute Gasteiger partial charge is 0.379 e. The average Bonchev–Trinajstić information content (AvgIpc) is 3.20. The number of ether oxygens (including phenoxy) is 1. The molecule has 4 rings (SSSR count). The van der Waals surface area contributed by atoms with E-state index in [9.17, 15) is 9.18 Å². The van der Waals surface area contributed by atoms with Crippen LogP contribution in [0.25, 0.3) is 16.9 Å². The van der Waals surface area contributed by atoms with Gasteiger partial charge in [-0.1, -0.05) is 23.7 Å². The van der Waals surface area contributed by atoms with Gasteiger partial charge in [-0.25, -0.2) is 9.07 Å². The highest BCUT2D eigenvalue weighted by Gasteiger charge is 2.19. The second-order valence-corrected chi connectivity index (χ2v) is 7.43. The third-order valence-corrected chi connectivity index (χ3v) is 5.23. The Morgan fingerprint density at radius 3 is 2.60 bits per heavy atom. The van der Waals surface area contributed by atoms with E-state index in [1.807, 2.05) is 0 Å². The summed E-state index contributed by atoms with van der Waals surface area (Å²) in [6.07, 6.45) is 0. The minimum Gasteiger partial charge on any atom is -0.379 e. The van der Waals surface area contributed by atoms with Crippen molar-refractivity contribution in [1.82, 2.24) is 20.0 Å². The predicted octanol–water partition coefficient (Wildman–Crippen LogP) is 3.39. The zero-order valence-electron chi connectivity index (χ0n) is 16.4. The van der Waals surface area contributed by atoms with Crippen LogP contribution in [0.2, 0.25) is 5.02 Å². The molecule has 3 aromatic rings. The Morgan fingerprint density at radius 2 is 1.87 bits per heavy atom. The maximum Gasteiger partial charge on any atom is 0.270 e. The summed E-state index contributed by atoms with van der Waals surface area (Å²) in [6.45, 7) is 4.38. The first kappa shape index (κ1) is 20.5. The first-order chi connectivity index (χ1) is 14.6. The average molecular weight is 429 g/mol. The molecule has 8 heteroatoms. The summed E-state index contributed by atoms with van der Waals surface area (Å²) in [7, 11) is 0. The van der Waals surface area contributed by atoms with E-state index in [2.05, 4.69) is 15.3 Å². The predicted molar refractivity (Wildman–Crippen MR) is 114 cm³/mol. The third kappa shape index (κ3) is 4.70. The molecular weight excluding hydrogens is 407 g/mol. The number of benzene rings is 2. The van der Waals surface area contributed by atoms with Gasteiger partial charge in [0.15, 0.2) is 0 Å². The van der Waals surface area contributed by atoms with Crippen molar-refractivity contribution in [3.63, 3.8) is 0 Å². The summed E-state index contributed by atoms with van der Waals surface area (Å²) in [6, 6.07) is 15.0. The van der Waals surface area contributed by atoms with Gasteiger partial charge in [0, 0.05) is 36.8 Å². The van der Waals surface area contributed by atoms with E-state index in [1.165, 1.54) is 10.7 Å². The molecule has 0 bridgehead atoms. The zero-order chi connectivity index (χ0) is 20.9. The first-order valence-corrected chi connectivity index (χ1v) is 10.2. The van der Waals surface area contributed by atoms with Gasteiger partial charge in [0.2, 0.25) is 0 Å². The highest BCUT2D eigenvalue weighted by atomic mass is 35.5. The molecule has 0 aliphatic carbocycles. The summed E-state index contributed by atoms with van der Waals surface area (Å²) < 4.78 is 21.2. The number of amides is 1. The van der Waals surface area contributed by atoms with Gasteiger partial charge in [0.25, 0.3) is 5.91 Å². The van der Waals surface area contributed by atoms with Crippen molar-refractivity contribution in [3.8, 4) is 16.9 Å². The minimum atomic E-state index is -0.391. The lowest BCUT2D eigenvalue weighted by Crippen LogP contribution is -2.41. The van der Waals surface area contributed by atoms with E-state index in [1.54, 1.807) is 48.5 Å². The van der Waals surface area contributed by atoms with Crippen LogP contribution in [0.15, 0.2) is 54.6 Å². The molecule has 1 fully saturated rings. The van der Waals surface area contributed by atoms with Crippen LogP contribution in [0.3, 0.4) is 0 Å². The van der Waals surface area contributed by atoms with Crippen molar-refractivity contribution in [3.05, 3.63) is 71.1 Å². The normalized spacial score (nSPS) is 14.6. The van der Waals surface area contributed by atoms with Crippen molar-refractivity contribution in [2.24, 2.45) is 0 Å². The minimum absolute atomic E-state index is 0.270. The molecule has 1 amide bonds. The van der Waals surface area contributed by atoms with E-state index in [-0.39, 0.29) is 5.91 Å². The molecule has 0 unspecified atom stereocenters. The molecule has 1 aliphatic heterocycles. The molecule has 2 heterocycles. The van der Waals surface area contributed by atoms with Gasteiger partial charge in [-0.3, -0.25) is 9.69 Å². The monoisotopic (exact) mass is 428 g/mol. The Bertz CT molecular complexity index is 1020. The lowest BCUT2D eigenvalue weighted by molar-refractivity contribution is 0.0383. The fraction of sp³-hybridized carbons (Fsp3) is 0.273. The molecule has 0 saturated carbocycles. The van der Waals surface area contributed by atoms with Crippen molar-refractivity contribution < 1.29 is 13.9 Å². The second-order valence-electron chi connectivity index (χ2n) is 6.99. The summed E-state index contributed by atoms with van der Waals surface area (Å²) in [5.74, 6) is -0.661. The van der Waals surface area contributed by atoms with E-state index >= 15 is 0 Å². The molecule has 0 atom stereocenters. The van der Waals surface area contributed by atoms with E-state index in [0.717, 1.165) is 19.6 Å². The van der Waals surface area contributed by atoms with Crippen LogP contribution in [-0.2, 0) is 4.74 Å². The zero-order valence-corrected chi connectivity index (χ0v) is 17.1. The van der Waals surface area contributed by atoms with Gasteiger partial charge in [-0.2, -0.15) is 5.10 Å². The van der Waals surface area contributed by atoms with Gasteiger partial charge in [0.05, 0.1) is 24.6 Å². The van der Waals surface area contributed by atoms with Crippen molar-refractivity contribution in [2.75, 3.05) is 39.4 Å². The SMILES string of the molecule is O=C(NCCN1CCOCC1)c1cc(-c2ccccc2F)nn1-c1ccc(Cl)cc1. The number of morpholine rings is 1. The Hall–Kier alpha value is -2.74. The fourth-order valence-corrected chi connectivity index (χ4v) is 3.49. The van der Waals surface area contributed by atoms with E-state index in [0.29, 0.717) is 47.4 Å². The number of carbonyl (C=O) groups is 1. The van der Waals surface area contributed by atoms with E-state index in [4.69, 9.17) is 16.3 Å². The molecule has 1 N–H and O–H groups in total. The van der Waals surface area contributed by atoms with Gasteiger partial charge < -0.3 is 10.1 Å². The second kappa shape index (κ2) is 9.38. The maximum atomic E-state index is 14.3. The van der Waals surface area contributed by atoms with Crippen LogP contribution in [0.4, 0.5) is 4.39 Å². The number of halogens is 2. The van der Waals surface area contributed by atoms with Crippen molar-refractivity contribution in [2.45, 2.75) is 0 Å². The first-order valence-electron chi connectivity index (χ1n) is 9.81. The molecule has 1 aliphatic rings. The number of aromatic nitrogens is 2. The van der Waals surface area contributed by atoms with E-state index < -0.39 is 5.82 Å². The molecule has 1 aromatic heterocycles. The highest BCUT2D eigenvalue weighted by Crippen LogP contribution is 2.24. The Kier molecular flexibility index (Phi) is 6.42. The van der Waals surface area contributed by atoms with Crippen LogP contribution in [-0.4, -0.2) is 60.0 Å². The smallest absolute Gasteiger partial charge is 0.270 e. The Morgan fingerprint density at radius 1 is 1.13 bits per heavy atom. The summed E-state index contributed by atoms with van der Waals surface area (Å²) in [4.78, 5) is 15.2. The van der Waals surface area contributed by atoms with Gasteiger partial charge in [-0.05, 0) is 42.5 Å². The van der Waals surface area contributed by atoms with Gasteiger partial charge in [-0.15, -0.1) is 0 Å². The number of carbonyl (C=O) groups excluding carboxylic acids is 1. The highest BCUT2D eigenvalue weighted by molar-refractivity contribution is 6.30. The molecule has 156 valence electrons. The number of rotatable bonds is 6. The summed E-state index contributed by atoms with van der Waals surface area (Å²) >= 11 is 5.99. The van der Waals surface area contributed by atoms with Crippen LogP contribution in [0, 0.1) is 5.82 Å². The van der Waals surface area contributed by atoms with Crippen molar-refractivity contribution in [1.29, 1.82) is 0 Å². The maximum absolute atomic E-state index is 14.3. The van der Waals surface area contributed by atoms with Crippen LogP contribution >= 0.6 is 11.6 Å².